The van der Waals surface area contributed by atoms with Crippen LogP contribution in [0, 0.1) is 20.7 Å². The van der Waals surface area contributed by atoms with E-state index < -0.39 is 25.0 Å². The minimum atomic E-state index is -2.36. The van der Waals surface area contributed by atoms with Crippen LogP contribution >= 0.6 is 0 Å². The van der Waals surface area contributed by atoms with Gasteiger partial charge in [0.25, 0.3) is 0 Å². The van der Waals surface area contributed by atoms with Crippen LogP contribution < -0.4 is 0 Å². The molecule has 8 rings (SSSR count). The molecule has 0 fully saturated rings. The Kier molecular flexibility index (Phi) is 7.31. The fourth-order valence-corrected chi connectivity index (χ4v) is 7.50. The Morgan fingerprint density at radius 3 is 2.05 bits per heavy atom. The fourth-order valence-electron chi connectivity index (χ4n) is 7.50. The predicted octanol–water partition coefficient (Wildman–Crippen LogP) is 14.0. The number of aryl methyl sites for hydroxylation is 3. The van der Waals surface area contributed by atoms with Crippen LogP contribution in [0.2, 0.25) is 0 Å². The van der Waals surface area contributed by atoms with Crippen LogP contribution in [0.4, 0.5) is 0 Å². The Morgan fingerprint density at radius 2 is 1.33 bits per heavy atom. The highest BCUT2D eigenvalue weighted by Gasteiger charge is 2.25. The summed E-state index contributed by atoms with van der Waals surface area (Å²) in [5.41, 5.74) is 11.2. The van der Waals surface area contributed by atoms with E-state index in [1.54, 1.807) is 30.5 Å². The first kappa shape index (κ1) is 29.0. The number of para-hydroxylation sites is 1. The van der Waals surface area contributed by atoms with Gasteiger partial charge >= 0.3 is 0 Å². The molecule has 4 heteroatoms. The molecule has 0 saturated carbocycles. The molecular formula is C53H51N3O. The van der Waals surface area contributed by atoms with Crippen molar-refractivity contribution < 1.29 is 16.1 Å². The summed E-state index contributed by atoms with van der Waals surface area (Å²) < 4.78 is 69.2. The molecule has 0 aliphatic carbocycles. The quantitative estimate of drug-likeness (QED) is 0.184. The number of rotatable bonds is 6. The molecule has 1 N–H and O–H groups in total. The highest BCUT2D eigenvalue weighted by Crippen LogP contribution is 2.43. The summed E-state index contributed by atoms with van der Waals surface area (Å²) in [7, 11) is 0. The standard InChI is InChI=1S/C53H51N3O/c1-33-18-23-47(44(27-33)37-19-21-41(22-20-37)52(4,5)6)56-48-17-13-16-43(49(48)55-51(56)45-28-34(2)26-35(3)50(45)57)39-29-40(31-42(30-39)53(7,8)9)46-32-38(24-25-54-46)36-14-11-10-12-15-36/h10-32,57H,1-9H3/i1D3,10D,11D,12D,14D,15D. The zero-order valence-electron chi connectivity index (χ0n) is 41.7. The van der Waals surface area contributed by atoms with Crippen LogP contribution in [0.15, 0.2) is 140 Å². The van der Waals surface area contributed by atoms with Crippen LogP contribution in [0.3, 0.4) is 0 Å². The van der Waals surface area contributed by atoms with Gasteiger partial charge in [-0.2, -0.15) is 0 Å². The van der Waals surface area contributed by atoms with E-state index in [-0.39, 0.29) is 39.8 Å². The summed E-state index contributed by atoms with van der Waals surface area (Å²) in [6.07, 6.45) is 1.59. The lowest BCUT2D eigenvalue weighted by molar-refractivity contribution is 0.472. The summed E-state index contributed by atoms with van der Waals surface area (Å²) in [4.78, 5) is 10.1. The lowest BCUT2D eigenvalue weighted by Crippen LogP contribution is -2.11. The largest absolute Gasteiger partial charge is 0.507 e. The molecule has 8 aromatic rings. The normalized spacial score (nSPS) is 14.2. The Bertz CT molecular complexity index is 3160. The number of hydrogen-bond donors (Lipinski definition) is 1. The Balaban J connectivity index is 1.41. The highest BCUT2D eigenvalue weighted by atomic mass is 16.3. The molecule has 0 atom stereocenters. The molecule has 0 unspecified atom stereocenters. The van der Waals surface area contributed by atoms with Gasteiger partial charge in [-0.1, -0.05) is 132 Å². The number of nitrogens with zero attached hydrogens (tertiary/aromatic N) is 3. The number of imidazole rings is 1. The van der Waals surface area contributed by atoms with Crippen LogP contribution in [-0.2, 0) is 10.8 Å². The van der Waals surface area contributed by atoms with Crippen LogP contribution in [0.5, 0.6) is 5.75 Å². The van der Waals surface area contributed by atoms with Gasteiger partial charge in [0.15, 0.2) is 0 Å². The number of aromatic hydroxyl groups is 1. The molecule has 0 amide bonds. The smallest absolute Gasteiger partial charge is 0.149 e. The van der Waals surface area contributed by atoms with Crippen molar-refractivity contribution in [2.75, 3.05) is 0 Å². The number of phenols is 1. The Labute approximate surface area is 348 Å². The monoisotopic (exact) mass is 753 g/mol. The first-order valence-electron chi connectivity index (χ1n) is 23.2. The third-order valence-electron chi connectivity index (χ3n) is 10.6. The van der Waals surface area contributed by atoms with Gasteiger partial charge in [0.05, 0.1) is 34.8 Å². The van der Waals surface area contributed by atoms with Gasteiger partial charge in [-0.15, -0.1) is 0 Å². The molecular weight excluding hydrogens is 695 g/mol. The van der Waals surface area contributed by atoms with E-state index in [4.69, 9.17) is 20.9 Å². The van der Waals surface area contributed by atoms with Gasteiger partial charge in [0.2, 0.25) is 0 Å². The van der Waals surface area contributed by atoms with Gasteiger partial charge in [-0.25, -0.2) is 4.98 Å². The molecule has 2 heterocycles. The van der Waals surface area contributed by atoms with E-state index in [1.807, 2.05) is 73.0 Å². The molecule has 0 radical (unpaired) electrons. The van der Waals surface area contributed by atoms with Crippen LogP contribution in [0.1, 0.15) is 80.3 Å². The average molecular weight is 754 g/mol. The summed E-state index contributed by atoms with van der Waals surface area (Å²) in [6.45, 7) is 14.3. The fraction of sp³-hybridized carbons (Fsp3) is 0.208. The Morgan fingerprint density at radius 1 is 0.614 bits per heavy atom. The van der Waals surface area contributed by atoms with E-state index >= 15 is 0 Å². The maximum absolute atomic E-state index is 11.8. The minimum Gasteiger partial charge on any atom is -0.507 e. The van der Waals surface area contributed by atoms with Crippen molar-refractivity contribution in [1.29, 1.82) is 0 Å². The van der Waals surface area contributed by atoms with Crippen molar-refractivity contribution in [2.24, 2.45) is 0 Å². The zero-order valence-corrected chi connectivity index (χ0v) is 33.7. The predicted molar refractivity (Wildman–Crippen MR) is 239 cm³/mol. The zero-order chi connectivity index (χ0) is 47.1. The van der Waals surface area contributed by atoms with E-state index in [0.717, 1.165) is 44.5 Å². The number of pyridine rings is 1. The molecule has 0 bridgehead atoms. The summed E-state index contributed by atoms with van der Waals surface area (Å²) in [5.74, 6) is 0.567. The summed E-state index contributed by atoms with van der Waals surface area (Å²) in [6, 6.07) is 31.0. The number of phenolic OH excluding ortho intramolecular Hbond substituents is 1. The van der Waals surface area contributed by atoms with Gasteiger partial charge in [-0.05, 0) is 125 Å². The number of fused-ring (bicyclic) bond motifs is 1. The van der Waals surface area contributed by atoms with Crippen LogP contribution in [0.25, 0.3) is 72.7 Å². The molecule has 284 valence electrons. The second-order valence-electron chi connectivity index (χ2n) is 17.0. The Hall–Kier alpha value is -6.26. The third-order valence-corrected chi connectivity index (χ3v) is 10.6. The molecule has 6 aromatic carbocycles. The second kappa shape index (κ2) is 14.4. The van der Waals surface area contributed by atoms with E-state index in [1.165, 1.54) is 0 Å². The maximum atomic E-state index is 11.8. The minimum absolute atomic E-state index is 0.0889. The molecule has 2 aromatic heterocycles. The van der Waals surface area contributed by atoms with Gasteiger partial charge in [0.1, 0.15) is 11.6 Å². The molecule has 0 aliphatic rings. The molecule has 57 heavy (non-hydrogen) atoms. The van der Waals surface area contributed by atoms with Crippen molar-refractivity contribution in [1.82, 2.24) is 14.5 Å². The third kappa shape index (κ3) is 7.29. The van der Waals surface area contributed by atoms with Gasteiger partial charge in [0, 0.05) is 27.0 Å². The highest BCUT2D eigenvalue weighted by molar-refractivity contribution is 5.98. The topological polar surface area (TPSA) is 50.9 Å². The van der Waals surface area contributed by atoms with Crippen molar-refractivity contribution in [3.63, 3.8) is 0 Å². The summed E-state index contributed by atoms with van der Waals surface area (Å²) >= 11 is 0. The van der Waals surface area contributed by atoms with Gasteiger partial charge < -0.3 is 5.11 Å². The van der Waals surface area contributed by atoms with E-state index in [9.17, 15) is 5.11 Å². The molecule has 0 spiro atoms. The second-order valence-corrected chi connectivity index (χ2v) is 17.0. The van der Waals surface area contributed by atoms with Crippen LogP contribution in [-0.4, -0.2) is 19.6 Å². The lowest BCUT2D eigenvalue weighted by Gasteiger charge is -2.22. The van der Waals surface area contributed by atoms with Crippen molar-refractivity contribution in [3.8, 4) is 67.5 Å². The SMILES string of the molecule is [2H]c1c([2H])c([2H])c(-c2ccnc(-c3cc(-c4cccc5c4nc(-c4cc(C)cc(C)c4O)n5-c4ccc(C([2H])([2H])[2H])cc4-c4ccc(C(C)(C)C)cc4)cc(C(C)(C)C)c3)c2)c([2H])c1[2H]. The molecule has 0 saturated heterocycles. The number of hydrogen-bond acceptors (Lipinski definition) is 3. The van der Waals surface area contributed by atoms with E-state index in [2.05, 4.69) is 65.8 Å². The maximum Gasteiger partial charge on any atom is 0.149 e. The number of aromatic nitrogens is 3. The first-order valence-corrected chi connectivity index (χ1v) is 19.2. The molecule has 4 nitrogen and oxygen atoms in total. The van der Waals surface area contributed by atoms with Crippen molar-refractivity contribution in [2.45, 2.75) is 73.1 Å². The van der Waals surface area contributed by atoms with E-state index in [0.29, 0.717) is 45.0 Å². The average Bonchev–Trinajstić information content (AvgIpc) is 3.64. The number of benzene rings is 6. The first-order chi connectivity index (χ1) is 30.4. The molecule has 0 aliphatic heterocycles. The van der Waals surface area contributed by atoms with Crippen molar-refractivity contribution >= 4 is 11.0 Å². The summed E-state index contributed by atoms with van der Waals surface area (Å²) in [5, 5.41) is 11.8. The van der Waals surface area contributed by atoms with Gasteiger partial charge in [-0.3, -0.25) is 9.55 Å². The lowest BCUT2D eigenvalue weighted by atomic mass is 9.83. The van der Waals surface area contributed by atoms with Crippen molar-refractivity contribution in [3.05, 3.63) is 167 Å².